The molecule has 5 nitrogen and oxygen atoms in total. The summed E-state index contributed by atoms with van der Waals surface area (Å²) in [5.41, 5.74) is 6.70. The lowest BCUT2D eigenvalue weighted by molar-refractivity contribution is 0.249. The summed E-state index contributed by atoms with van der Waals surface area (Å²) in [5, 5.41) is 5.17. The summed E-state index contributed by atoms with van der Waals surface area (Å²) in [7, 11) is 0. The predicted octanol–water partition coefficient (Wildman–Crippen LogP) is 2.02. The summed E-state index contributed by atoms with van der Waals surface area (Å²) in [6, 6.07) is 0.249. The lowest BCUT2D eigenvalue weighted by Gasteiger charge is -2.27. The molecule has 0 amide bonds. The van der Waals surface area contributed by atoms with Gasteiger partial charge in [-0.3, -0.25) is 0 Å². The van der Waals surface area contributed by atoms with E-state index in [0.29, 0.717) is 5.82 Å². The Kier molecular flexibility index (Phi) is 2.33. The summed E-state index contributed by atoms with van der Waals surface area (Å²) >= 11 is 0. The van der Waals surface area contributed by atoms with Gasteiger partial charge in [0.25, 0.3) is 0 Å². The molecule has 2 aromatic heterocycles. The predicted molar refractivity (Wildman–Crippen MR) is 63.9 cm³/mol. The number of hydrogen-bond donors (Lipinski definition) is 1. The van der Waals surface area contributed by atoms with Crippen molar-refractivity contribution in [3.05, 3.63) is 12.5 Å². The maximum Gasteiger partial charge on any atom is 0.163 e. The van der Waals surface area contributed by atoms with E-state index in [-0.39, 0.29) is 11.5 Å². The molecule has 2 heterocycles. The number of aromatic nitrogens is 4. The number of anilines is 1. The number of hydrogen-bond acceptors (Lipinski definition) is 4. The van der Waals surface area contributed by atoms with Gasteiger partial charge in [-0.15, -0.1) is 0 Å². The topological polar surface area (TPSA) is 69.6 Å². The van der Waals surface area contributed by atoms with Crippen LogP contribution in [0.15, 0.2) is 12.5 Å². The molecule has 0 aliphatic rings. The van der Waals surface area contributed by atoms with Gasteiger partial charge >= 0.3 is 0 Å². The van der Waals surface area contributed by atoms with Gasteiger partial charge in [-0.25, -0.2) is 14.6 Å². The Labute approximate surface area is 94.7 Å². The van der Waals surface area contributed by atoms with Gasteiger partial charge in [0, 0.05) is 0 Å². The van der Waals surface area contributed by atoms with Gasteiger partial charge in [-0.05, 0) is 12.3 Å². The molecule has 2 aromatic rings. The summed E-state index contributed by atoms with van der Waals surface area (Å²) in [4.78, 5) is 8.20. The first kappa shape index (κ1) is 10.9. The molecule has 0 bridgehead atoms. The van der Waals surface area contributed by atoms with E-state index in [2.05, 4.69) is 42.8 Å². The molecule has 0 unspecified atom stereocenters. The minimum atomic E-state index is 0.124. The fourth-order valence-corrected chi connectivity index (χ4v) is 1.53. The Balaban J connectivity index is 2.59. The Morgan fingerprint density at radius 3 is 2.62 bits per heavy atom. The average molecular weight is 219 g/mol. The highest BCUT2D eigenvalue weighted by molar-refractivity contribution is 5.84. The maximum absolute atomic E-state index is 5.77. The van der Waals surface area contributed by atoms with Crippen molar-refractivity contribution in [1.29, 1.82) is 0 Å². The van der Waals surface area contributed by atoms with Crippen LogP contribution in [0.4, 0.5) is 5.82 Å². The highest BCUT2D eigenvalue weighted by Gasteiger charge is 2.24. The smallest absolute Gasteiger partial charge is 0.163 e. The number of rotatable bonds is 1. The Hall–Kier alpha value is -1.65. The first-order valence-corrected chi connectivity index (χ1v) is 5.35. The summed E-state index contributed by atoms with van der Waals surface area (Å²) in [6.07, 6.45) is 3.21. The van der Waals surface area contributed by atoms with Gasteiger partial charge in [-0.2, -0.15) is 5.10 Å². The molecule has 86 valence electrons. The van der Waals surface area contributed by atoms with Crippen molar-refractivity contribution in [3.63, 3.8) is 0 Å². The molecule has 0 aliphatic heterocycles. The molecule has 0 aliphatic carbocycles. The first-order chi connectivity index (χ1) is 7.41. The van der Waals surface area contributed by atoms with Gasteiger partial charge in [0.1, 0.15) is 12.1 Å². The summed E-state index contributed by atoms with van der Waals surface area (Å²) in [6.45, 7) is 8.66. The number of nitrogens with zero attached hydrogens (tertiary/aromatic N) is 4. The maximum atomic E-state index is 5.77. The fraction of sp³-hybridized carbons (Fsp3) is 0.545. The zero-order valence-electron chi connectivity index (χ0n) is 10.1. The Morgan fingerprint density at radius 1 is 1.31 bits per heavy atom. The third kappa shape index (κ3) is 1.62. The van der Waals surface area contributed by atoms with Crippen molar-refractivity contribution >= 4 is 16.9 Å². The van der Waals surface area contributed by atoms with Gasteiger partial charge in [0.15, 0.2) is 5.65 Å². The molecule has 5 heteroatoms. The highest BCUT2D eigenvalue weighted by Crippen LogP contribution is 2.31. The van der Waals surface area contributed by atoms with Crippen LogP contribution in [-0.4, -0.2) is 19.7 Å². The lowest BCUT2D eigenvalue weighted by Crippen LogP contribution is -2.22. The zero-order chi connectivity index (χ0) is 11.9. The van der Waals surface area contributed by atoms with E-state index in [1.807, 2.05) is 4.68 Å². The number of nitrogens with two attached hydrogens (primary N) is 1. The van der Waals surface area contributed by atoms with E-state index >= 15 is 0 Å². The van der Waals surface area contributed by atoms with Crippen LogP contribution < -0.4 is 5.73 Å². The van der Waals surface area contributed by atoms with Crippen LogP contribution in [0.1, 0.15) is 33.7 Å². The van der Waals surface area contributed by atoms with E-state index in [4.69, 9.17) is 5.73 Å². The number of nitrogen functional groups attached to an aromatic ring is 1. The van der Waals surface area contributed by atoms with Crippen LogP contribution >= 0.6 is 0 Å². The quantitative estimate of drug-likeness (QED) is 0.796. The molecule has 0 saturated heterocycles. The van der Waals surface area contributed by atoms with Crippen molar-refractivity contribution in [2.45, 2.75) is 33.7 Å². The largest absolute Gasteiger partial charge is 0.383 e. The average Bonchev–Trinajstić information content (AvgIpc) is 2.60. The molecule has 0 spiro atoms. The molecule has 0 aromatic carbocycles. The third-order valence-corrected chi connectivity index (χ3v) is 3.04. The SMILES string of the molecule is C[C@H](n1ncc2c(N)ncnc21)C(C)(C)C. The summed E-state index contributed by atoms with van der Waals surface area (Å²) < 4.78 is 1.91. The second kappa shape index (κ2) is 3.43. The fourth-order valence-electron chi connectivity index (χ4n) is 1.53. The van der Waals surface area contributed by atoms with E-state index in [9.17, 15) is 0 Å². The minimum Gasteiger partial charge on any atom is -0.383 e. The Bertz CT molecular complexity index is 509. The van der Waals surface area contributed by atoms with Gasteiger partial charge < -0.3 is 5.73 Å². The van der Waals surface area contributed by atoms with Crippen LogP contribution in [-0.2, 0) is 0 Å². The highest BCUT2D eigenvalue weighted by atomic mass is 15.3. The Morgan fingerprint density at radius 2 is 2.00 bits per heavy atom. The van der Waals surface area contributed by atoms with E-state index in [1.54, 1.807) is 6.20 Å². The van der Waals surface area contributed by atoms with Gasteiger partial charge in [0.2, 0.25) is 0 Å². The van der Waals surface area contributed by atoms with Crippen LogP contribution in [0.3, 0.4) is 0 Å². The molecule has 1 atom stereocenters. The van der Waals surface area contributed by atoms with Gasteiger partial charge in [0.05, 0.1) is 17.6 Å². The van der Waals surface area contributed by atoms with Crippen molar-refractivity contribution in [3.8, 4) is 0 Å². The van der Waals surface area contributed by atoms with Crippen molar-refractivity contribution in [2.75, 3.05) is 5.73 Å². The van der Waals surface area contributed by atoms with Crippen molar-refractivity contribution in [2.24, 2.45) is 5.41 Å². The van der Waals surface area contributed by atoms with Crippen LogP contribution in [0.2, 0.25) is 0 Å². The van der Waals surface area contributed by atoms with E-state index in [0.717, 1.165) is 11.0 Å². The second-order valence-electron chi connectivity index (χ2n) is 5.13. The lowest BCUT2D eigenvalue weighted by atomic mass is 9.88. The van der Waals surface area contributed by atoms with Gasteiger partial charge in [-0.1, -0.05) is 20.8 Å². The van der Waals surface area contributed by atoms with Crippen molar-refractivity contribution in [1.82, 2.24) is 19.7 Å². The summed E-state index contributed by atoms with van der Waals surface area (Å²) in [5.74, 6) is 0.484. The molecule has 0 fully saturated rings. The molecule has 16 heavy (non-hydrogen) atoms. The molecule has 0 radical (unpaired) electrons. The molecule has 0 saturated carbocycles. The third-order valence-electron chi connectivity index (χ3n) is 3.04. The van der Waals surface area contributed by atoms with Crippen LogP contribution in [0, 0.1) is 5.41 Å². The van der Waals surface area contributed by atoms with E-state index in [1.165, 1.54) is 6.33 Å². The first-order valence-electron chi connectivity index (χ1n) is 5.35. The molecular weight excluding hydrogens is 202 g/mol. The van der Waals surface area contributed by atoms with E-state index < -0.39 is 0 Å². The molecular formula is C11H17N5. The minimum absolute atomic E-state index is 0.124. The standard InChI is InChI=1S/C11H17N5/c1-7(11(2,3)4)16-10-8(5-15-16)9(12)13-6-14-10/h5-7H,1-4H3,(H2,12,13,14)/t7-/m0/s1. The van der Waals surface area contributed by atoms with Crippen LogP contribution in [0.25, 0.3) is 11.0 Å². The normalized spacial score (nSPS) is 14.2. The van der Waals surface area contributed by atoms with Crippen molar-refractivity contribution < 1.29 is 0 Å². The monoisotopic (exact) mass is 219 g/mol. The molecule has 2 rings (SSSR count). The number of fused-ring (bicyclic) bond motifs is 1. The molecule has 2 N–H and O–H groups in total. The second-order valence-corrected chi connectivity index (χ2v) is 5.13. The zero-order valence-corrected chi connectivity index (χ0v) is 10.1. The van der Waals surface area contributed by atoms with Crippen LogP contribution in [0.5, 0.6) is 0 Å².